The van der Waals surface area contributed by atoms with Gasteiger partial charge in [0.2, 0.25) is 0 Å². The first-order valence-corrected chi connectivity index (χ1v) is 7.71. The van der Waals surface area contributed by atoms with Crippen LogP contribution < -0.4 is 10.1 Å². The lowest BCUT2D eigenvalue weighted by molar-refractivity contribution is -0.128. The number of aryl methyl sites for hydroxylation is 2. The molecule has 0 radical (unpaired) electrons. The van der Waals surface area contributed by atoms with Gasteiger partial charge in [0.05, 0.1) is 6.61 Å². The Morgan fingerprint density at radius 2 is 1.82 bits per heavy atom. The Balaban J connectivity index is 1.81. The molecule has 0 aliphatic carbocycles. The summed E-state index contributed by atoms with van der Waals surface area (Å²) in [5, 5.41) is 2.72. The number of carbonyl (C=O) groups excluding carboxylic acids is 2. The molecule has 1 aliphatic rings. The molecule has 120 valence electrons. The van der Waals surface area contributed by atoms with E-state index >= 15 is 0 Å². The largest absolute Gasteiger partial charge is 0.494 e. The van der Waals surface area contributed by atoms with Gasteiger partial charge in [-0.15, -0.1) is 0 Å². The predicted molar refractivity (Wildman–Crippen MR) is 84.9 cm³/mol. The van der Waals surface area contributed by atoms with Crippen LogP contribution in [0.5, 0.6) is 5.75 Å². The second-order valence-corrected chi connectivity index (χ2v) is 6.19. The van der Waals surface area contributed by atoms with Gasteiger partial charge in [0.15, 0.2) is 0 Å². The Morgan fingerprint density at radius 3 is 2.36 bits per heavy atom. The molecule has 22 heavy (non-hydrogen) atoms. The molecule has 1 unspecified atom stereocenters. The highest BCUT2D eigenvalue weighted by Gasteiger charge is 2.38. The molecule has 5 nitrogen and oxygen atoms in total. The van der Waals surface area contributed by atoms with Crippen LogP contribution in [-0.4, -0.2) is 36.0 Å². The van der Waals surface area contributed by atoms with E-state index in [1.54, 1.807) is 0 Å². The van der Waals surface area contributed by atoms with Crippen LogP contribution in [0.2, 0.25) is 0 Å². The number of ether oxygens (including phenoxy) is 1. The van der Waals surface area contributed by atoms with Crippen molar-refractivity contribution in [3.05, 3.63) is 29.3 Å². The zero-order valence-electron chi connectivity index (χ0n) is 13.7. The molecule has 1 aromatic rings. The quantitative estimate of drug-likeness (QED) is 0.649. The molecule has 0 bridgehead atoms. The first kappa shape index (κ1) is 16.3. The van der Waals surface area contributed by atoms with Crippen molar-refractivity contribution in [2.45, 2.75) is 40.2 Å². The third-order valence-corrected chi connectivity index (χ3v) is 3.71. The topological polar surface area (TPSA) is 58.6 Å². The van der Waals surface area contributed by atoms with Crippen molar-refractivity contribution >= 4 is 11.9 Å². The van der Waals surface area contributed by atoms with E-state index in [2.05, 4.69) is 11.4 Å². The van der Waals surface area contributed by atoms with Crippen LogP contribution in [0.3, 0.4) is 0 Å². The summed E-state index contributed by atoms with van der Waals surface area (Å²) in [7, 11) is 0. The van der Waals surface area contributed by atoms with E-state index in [1.165, 1.54) is 4.90 Å². The first-order valence-electron chi connectivity index (χ1n) is 7.71. The number of hydrogen-bond donors (Lipinski definition) is 1. The molecule has 1 fully saturated rings. The van der Waals surface area contributed by atoms with E-state index in [4.69, 9.17) is 4.74 Å². The molecule has 1 atom stereocenters. The van der Waals surface area contributed by atoms with Gasteiger partial charge in [-0.3, -0.25) is 9.69 Å². The molecule has 2 rings (SSSR count). The number of benzene rings is 1. The van der Waals surface area contributed by atoms with Crippen LogP contribution in [0.15, 0.2) is 18.2 Å². The third kappa shape index (κ3) is 3.78. The Bertz CT molecular complexity index is 549. The molecular weight excluding hydrogens is 280 g/mol. The van der Waals surface area contributed by atoms with Gasteiger partial charge in [0.25, 0.3) is 5.91 Å². The maximum atomic E-state index is 12.1. The molecule has 1 saturated heterocycles. The average Bonchev–Trinajstić information content (AvgIpc) is 2.70. The van der Waals surface area contributed by atoms with Gasteiger partial charge in [0.1, 0.15) is 11.8 Å². The summed E-state index contributed by atoms with van der Waals surface area (Å²) in [6.45, 7) is 8.77. The monoisotopic (exact) mass is 304 g/mol. The van der Waals surface area contributed by atoms with Gasteiger partial charge in [-0.25, -0.2) is 4.79 Å². The fourth-order valence-corrected chi connectivity index (χ4v) is 2.63. The minimum absolute atomic E-state index is 0.105. The maximum absolute atomic E-state index is 12.1. The number of imide groups is 1. The normalized spacial score (nSPS) is 18.0. The van der Waals surface area contributed by atoms with Crippen molar-refractivity contribution in [2.24, 2.45) is 5.92 Å². The highest BCUT2D eigenvalue weighted by molar-refractivity contribution is 6.04. The molecule has 1 N–H and O–H groups in total. The highest BCUT2D eigenvalue weighted by Crippen LogP contribution is 2.17. The molecule has 3 amide bonds. The SMILES string of the molecule is Cc1cc(C)cc(OCCCN2C(=O)NC(C(C)C)C2=O)c1. The molecule has 5 heteroatoms. The van der Waals surface area contributed by atoms with Crippen molar-refractivity contribution in [1.82, 2.24) is 10.2 Å². The minimum atomic E-state index is -0.396. The highest BCUT2D eigenvalue weighted by atomic mass is 16.5. The summed E-state index contributed by atoms with van der Waals surface area (Å²) >= 11 is 0. The number of amides is 3. The summed E-state index contributed by atoms with van der Waals surface area (Å²) in [4.78, 5) is 25.2. The Hall–Kier alpha value is -2.04. The van der Waals surface area contributed by atoms with Crippen molar-refractivity contribution in [2.75, 3.05) is 13.2 Å². The van der Waals surface area contributed by atoms with Crippen LogP contribution in [0.25, 0.3) is 0 Å². The minimum Gasteiger partial charge on any atom is -0.494 e. The molecular formula is C17H24N2O3. The fourth-order valence-electron chi connectivity index (χ4n) is 2.63. The third-order valence-electron chi connectivity index (χ3n) is 3.71. The van der Waals surface area contributed by atoms with E-state index in [9.17, 15) is 9.59 Å². The van der Waals surface area contributed by atoms with Crippen LogP contribution in [0.4, 0.5) is 4.79 Å². The summed E-state index contributed by atoms with van der Waals surface area (Å²) < 4.78 is 5.70. The molecule has 1 heterocycles. The van der Waals surface area contributed by atoms with Crippen molar-refractivity contribution in [1.29, 1.82) is 0 Å². The van der Waals surface area contributed by atoms with Gasteiger partial charge in [0, 0.05) is 6.54 Å². The van der Waals surface area contributed by atoms with E-state index in [-0.39, 0.29) is 17.9 Å². The van der Waals surface area contributed by atoms with Gasteiger partial charge in [-0.05, 0) is 49.4 Å². The van der Waals surface area contributed by atoms with E-state index < -0.39 is 6.04 Å². The second kappa shape index (κ2) is 6.81. The molecule has 1 aliphatic heterocycles. The van der Waals surface area contributed by atoms with Gasteiger partial charge in [-0.2, -0.15) is 0 Å². The van der Waals surface area contributed by atoms with Crippen LogP contribution >= 0.6 is 0 Å². The average molecular weight is 304 g/mol. The standard InChI is InChI=1S/C17H24N2O3/c1-11(2)15-16(20)19(17(21)18-15)6-5-7-22-14-9-12(3)8-13(4)10-14/h8-11,15H,5-7H2,1-4H3,(H,18,21). The second-order valence-electron chi connectivity index (χ2n) is 6.19. The lowest BCUT2D eigenvalue weighted by atomic mass is 10.1. The number of carbonyl (C=O) groups is 2. The lowest BCUT2D eigenvalue weighted by Gasteiger charge is -2.15. The van der Waals surface area contributed by atoms with E-state index in [1.807, 2.05) is 39.8 Å². The van der Waals surface area contributed by atoms with Gasteiger partial charge < -0.3 is 10.1 Å². The number of nitrogens with one attached hydrogen (secondary N) is 1. The molecule has 1 aromatic carbocycles. The zero-order chi connectivity index (χ0) is 16.3. The Labute approximate surface area is 131 Å². The molecule has 0 saturated carbocycles. The predicted octanol–water partition coefficient (Wildman–Crippen LogP) is 2.65. The Kier molecular flexibility index (Phi) is 5.06. The van der Waals surface area contributed by atoms with Crippen molar-refractivity contribution in [3.8, 4) is 5.75 Å². The van der Waals surface area contributed by atoms with Gasteiger partial charge >= 0.3 is 6.03 Å². The van der Waals surface area contributed by atoms with Crippen molar-refractivity contribution in [3.63, 3.8) is 0 Å². The summed E-state index contributed by atoms with van der Waals surface area (Å²) in [5.41, 5.74) is 2.31. The summed E-state index contributed by atoms with van der Waals surface area (Å²) in [6.07, 6.45) is 0.622. The maximum Gasteiger partial charge on any atom is 0.324 e. The van der Waals surface area contributed by atoms with Crippen LogP contribution in [-0.2, 0) is 4.79 Å². The molecule has 0 spiro atoms. The smallest absolute Gasteiger partial charge is 0.324 e. The van der Waals surface area contributed by atoms with Gasteiger partial charge in [-0.1, -0.05) is 19.9 Å². The van der Waals surface area contributed by atoms with Crippen molar-refractivity contribution < 1.29 is 14.3 Å². The van der Waals surface area contributed by atoms with Crippen LogP contribution in [0, 0.1) is 19.8 Å². The fraction of sp³-hybridized carbons (Fsp3) is 0.529. The zero-order valence-corrected chi connectivity index (χ0v) is 13.7. The first-order chi connectivity index (χ1) is 10.4. The number of rotatable bonds is 6. The van der Waals surface area contributed by atoms with E-state index in [0.29, 0.717) is 19.6 Å². The molecule has 0 aromatic heterocycles. The summed E-state index contributed by atoms with van der Waals surface area (Å²) in [6, 6.07) is 5.36. The number of nitrogens with zero attached hydrogens (tertiary/aromatic N) is 1. The Morgan fingerprint density at radius 1 is 1.18 bits per heavy atom. The summed E-state index contributed by atoms with van der Waals surface area (Å²) in [5.74, 6) is 0.800. The number of urea groups is 1. The van der Waals surface area contributed by atoms with E-state index in [0.717, 1.165) is 16.9 Å². The van der Waals surface area contributed by atoms with Crippen LogP contribution in [0.1, 0.15) is 31.4 Å². The lowest BCUT2D eigenvalue weighted by Crippen LogP contribution is -2.35. The number of hydrogen-bond acceptors (Lipinski definition) is 3.